The Labute approximate surface area is 110 Å². The predicted molar refractivity (Wildman–Crippen MR) is 71.3 cm³/mol. The van der Waals surface area contributed by atoms with E-state index in [1.54, 1.807) is 6.92 Å². The molecule has 0 amide bonds. The van der Waals surface area contributed by atoms with Gasteiger partial charge in [0.25, 0.3) is 5.56 Å². The average molecular weight is 272 g/mol. The van der Waals surface area contributed by atoms with Crippen molar-refractivity contribution in [1.82, 2.24) is 14.5 Å². The Morgan fingerprint density at radius 1 is 1.33 bits per heavy atom. The minimum atomic E-state index is -0.408. The van der Waals surface area contributed by atoms with Crippen molar-refractivity contribution in [2.45, 2.75) is 26.3 Å². The van der Waals surface area contributed by atoms with E-state index in [-0.39, 0.29) is 10.7 Å². The molecule has 1 aliphatic heterocycles. The maximum absolute atomic E-state index is 12.0. The molecule has 1 aromatic heterocycles. The number of piperidine rings is 1. The standard InChI is InChI=1S/C12H18ClN3O2/c1-8-10(13)14-12(18)16(11(8)17)7-9-3-5-15(2)6-4-9/h9H,3-7H2,1-2H3,(H,14,18). The fourth-order valence-corrected chi connectivity index (χ4v) is 2.47. The van der Waals surface area contributed by atoms with Gasteiger partial charge in [-0.05, 0) is 45.8 Å². The first-order chi connectivity index (χ1) is 8.49. The fraction of sp³-hybridized carbons (Fsp3) is 0.667. The zero-order chi connectivity index (χ0) is 13.3. The lowest BCUT2D eigenvalue weighted by Gasteiger charge is -2.29. The van der Waals surface area contributed by atoms with Crippen LogP contribution in [-0.2, 0) is 6.54 Å². The quantitative estimate of drug-likeness (QED) is 0.811. The van der Waals surface area contributed by atoms with Crippen LogP contribution in [0.2, 0.25) is 5.15 Å². The van der Waals surface area contributed by atoms with Gasteiger partial charge in [-0.2, -0.15) is 0 Å². The number of hydrogen-bond acceptors (Lipinski definition) is 3. The maximum Gasteiger partial charge on any atom is 0.329 e. The van der Waals surface area contributed by atoms with Gasteiger partial charge in [0.15, 0.2) is 0 Å². The van der Waals surface area contributed by atoms with Crippen LogP contribution in [0, 0.1) is 12.8 Å². The topological polar surface area (TPSA) is 58.1 Å². The third-order valence-electron chi connectivity index (χ3n) is 3.64. The summed E-state index contributed by atoms with van der Waals surface area (Å²) in [6.07, 6.45) is 2.04. The van der Waals surface area contributed by atoms with E-state index in [1.807, 2.05) is 0 Å². The summed E-state index contributed by atoms with van der Waals surface area (Å²) >= 11 is 5.78. The summed E-state index contributed by atoms with van der Waals surface area (Å²) in [6.45, 7) is 4.15. The molecule has 100 valence electrons. The number of halogens is 1. The molecule has 1 aromatic rings. The van der Waals surface area contributed by atoms with E-state index < -0.39 is 5.69 Å². The molecule has 0 aromatic carbocycles. The second kappa shape index (κ2) is 5.28. The van der Waals surface area contributed by atoms with Gasteiger partial charge in [-0.15, -0.1) is 0 Å². The van der Waals surface area contributed by atoms with Crippen molar-refractivity contribution in [1.29, 1.82) is 0 Å². The second-order valence-electron chi connectivity index (χ2n) is 5.03. The van der Waals surface area contributed by atoms with E-state index in [4.69, 9.17) is 11.6 Å². The van der Waals surface area contributed by atoms with Gasteiger partial charge in [-0.3, -0.25) is 14.3 Å². The van der Waals surface area contributed by atoms with Crippen molar-refractivity contribution < 1.29 is 0 Å². The summed E-state index contributed by atoms with van der Waals surface area (Å²) in [5.41, 5.74) is -0.276. The van der Waals surface area contributed by atoms with Crippen LogP contribution >= 0.6 is 11.6 Å². The van der Waals surface area contributed by atoms with E-state index >= 15 is 0 Å². The molecule has 1 aliphatic rings. The number of nitrogens with one attached hydrogen (secondary N) is 1. The molecule has 0 unspecified atom stereocenters. The van der Waals surface area contributed by atoms with Crippen molar-refractivity contribution in [2.75, 3.05) is 20.1 Å². The third kappa shape index (κ3) is 2.67. The van der Waals surface area contributed by atoms with Gasteiger partial charge in [0, 0.05) is 12.1 Å². The summed E-state index contributed by atoms with van der Waals surface area (Å²) < 4.78 is 1.27. The van der Waals surface area contributed by atoms with Crippen molar-refractivity contribution in [3.8, 4) is 0 Å². The molecular weight excluding hydrogens is 254 g/mol. The summed E-state index contributed by atoms with van der Waals surface area (Å²) in [5.74, 6) is 0.389. The molecule has 6 heteroatoms. The second-order valence-corrected chi connectivity index (χ2v) is 5.41. The minimum absolute atomic E-state index is 0.143. The van der Waals surface area contributed by atoms with E-state index in [2.05, 4.69) is 16.9 Å². The Morgan fingerprint density at radius 2 is 1.94 bits per heavy atom. The average Bonchev–Trinajstić information content (AvgIpc) is 2.34. The van der Waals surface area contributed by atoms with Crippen molar-refractivity contribution in [3.63, 3.8) is 0 Å². The van der Waals surface area contributed by atoms with Crippen LogP contribution in [0.3, 0.4) is 0 Å². The molecule has 5 nitrogen and oxygen atoms in total. The highest BCUT2D eigenvalue weighted by Gasteiger charge is 2.19. The molecule has 2 heterocycles. The van der Waals surface area contributed by atoms with E-state index in [9.17, 15) is 9.59 Å². The molecule has 2 rings (SSSR count). The predicted octanol–water partition coefficient (Wildman–Crippen LogP) is 0.840. The summed E-state index contributed by atoms with van der Waals surface area (Å²) in [4.78, 5) is 28.5. The Morgan fingerprint density at radius 3 is 2.56 bits per heavy atom. The minimum Gasteiger partial charge on any atom is -0.306 e. The molecule has 18 heavy (non-hydrogen) atoms. The van der Waals surface area contributed by atoms with Crippen LogP contribution in [0.15, 0.2) is 9.59 Å². The van der Waals surface area contributed by atoms with Crippen LogP contribution in [0.1, 0.15) is 18.4 Å². The van der Waals surface area contributed by atoms with Crippen molar-refractivity contribution in [2.24, 2.45) is 5.92 Å². The lowest BCUT2D eigenvalue weighted by atomic mass is 9.97. The molecular formula is C12H18ClN3O2. The Balaban J connectivity index is 2.22. The fourth-order valence-electron chi connectivity index (χ4n) is 2.31. The number of likely N-dealkylation sites (tertiary alicyclic amines) is 1. The normalized spacial score (nSPS) is 18.2. The number of rotatable bonds is 2. The largest absolute Gasteiger partial charge is 0.329 e. The first-order valence-corrected chi connectivity index (χ1v) is 6.54. The number of aromatic amines is 1. The van der Waals surface area contributed by atoms with Crippen molar-refractivity contribution in [3.05, 3.63) is 31.6 Å². The van der Waals surface area contributed by atoms with Crippen LogP contribution in [0.4, 0.5) is 0 Å². The molecule has 0 spiro atoms. The number of aromatic nitrogens is 2. The van der Waals surface area contributed by atoms with E-state index in [0.29, 0.717) is 18.0 Å². The SMILES string of the molecule is Cc1c(Cl)[nH]c(=O)n(CC2CCN(C)CC2)c1=O. The first kappa shape index (κ1) is 13.4. The van der Waals surface area contributed by atoms with Gasteiger partial charge >= 0.3 is 5.69 Å². The number of H-pyrrole nitrogens is 1. The van der Waals surface area contributed by atoms with Gasteiger partial charge in [-0.1, -0.05) is 11.6 Å². The van der Waals surface area contributed by atoms with Crippen LogP contribution in [-0.4, -0.2) is 34.6 Å². The lowest BCUT2D eigenvalue weighted by Crippen LogP contribution is -2.40. The highest BCUT2D eigenvalue weighted by Crippen LogP contribution is 2.17. The first-order valence-electron chi connectivity index (χ1n) is 6.17. The highest BCUT2D eigenvalue weighted by molar-refractivity contribution is 6.30. The van der Waals surface area contributed by atoms with Gasteiger partial charge in [0.2, 0.25) is 0 Å². The molecule has 0 bridgehead atoms. The van der Waals surface area contributed by atoms with E-state index in [1.165, 1.54) is 4.57 Å². The molecule has 0 radical (unpaired) electrons. The molecule has 1 saturated heterocycles. The van der Waals surface area contributed by atoms with E-state index in [0.717, 1.165) is 25.9 Å². The number of nitrogens with zero attached hydrogens (tertiary/aromatic N) is 2. The Bertz CT molecular complexity index is 541. The monoisotopic (exact) mass is 271 g/mol. The van der Waals surface area contributed by atoms with Gasteiger partial charge in [0.1, 0.15) is 5.15 Å². The summed E-state index contributed by atoms with van der Waals surface area (Å²) in [5, 5.41) is 0.143. The maximum atomic E-state index is 12.0. The zero-order valence-electron chi connectivity index (χ0n) is 10.7. The van der Waals surface area contributed by atoms with Crippen LogP contribution in [0.25, 0.3) is 0 Å². The van der Waals surface area contributed by atoms with Crippen molar-refractivity contribution >= 4 is 11.6 Å². The Kier molecular flexibility index (Phi) is 3.92. The third-order valence-corrected chi connectivity index (χ3v) is 4.01. The van der Waals surface area contributed by atoms with Crippen LogP contribution in [0.5, 0.6) is 0 Å². The van der Waals surface area contributed by atoms with Gasteiger partial charge in [0.05, 0.1) is 0 Å². The molecule has 0 atom stereocenters. The highest BCUT2D eigenvalue weighted by atomic mass is 35.5. The smallest absolute Gasteiger partial charge is 0.306 e. The van der Waals surface area contributed by atoms with Gasteiger partial charge in [-0.25, -0.2) is 4.79 Å². The van der Waals surface area contributed by atoms with Gasteiger partial charge < -0.3 is 4.90 Å². The lowest BCUT2D eigenvalue weighted by molar-refractivity contribution is 0.202. The molecule has 1 N–H and O–H groups in total. The zero-order valence-corrected chi connectivity index (χ0v) is 11.5. The summed E-state index contributed by atoms with van der Waals surface area (Å²) in [6, 6.07) is 0. The number of hydrogen-bond donors (Lipinski definition) is 1. The Hall–Kier alpha value is -1.07. The molecule has 0 saturated carbocycles. The summed E-state index contributed by atoms with van der Waals surface area (Å²) in [7, 11) is 2.08. The molecule has 0 aliphatic carbocycles. The molecule has 1 fully saturated rings. The van der Waals surface area contributed by atoms with Crippen LogP contribution < -0.4 is 11.2 Å².